The van der Waals surface area contributed by atoms with Gasteiger partial charge < -0.3 is 14.7 Å². The van der Waals surface area contributed by atoms with Crippen LogP contribution in [-0.4, -0.2) is 16.1 Å². The van der Waals surface area contributed by atoms with Crippen LogP contribution < -0.4 is 5.73 Å². The largest absolute Gasteiger partial charge is 0.464 e. The van der Waals surface area contributed by atoms with Gasteiger partial charge in [-0.05, 0) is 19.1 Å². The van der Waals surface area contributed by atoms with Crippen molar-refractivity contribution in [2.24, 2.45) is 5.73 Å². The molecule has 0 spiro atoms. The predicted octanol–water partition coefficient (Wildman–Crippen LogP) is 1.20. The predicted molar refractivity (Wildman–Crippen MR) is 57.6 cm³/mol. The van der Waals surface area contributed by atoms with Crippen molar-refractivity contribution < 1.29 is 4.42 Å². The summed E-state index contributed by atoms with van der Waals surface area (Å²) in [5, 5.41) is 8.90. The maximum atomic E-state index is 8.90. The molecule has 2 aromatic rings. The summed E-state index contributed by atoms with van der Waals surface area (Å²) < 4.78 is 7.24. The Labute approximate surface area is 93.1 Å². The van der Waals surface area contributed by atoms with E-state index in [0.717, 1.165) is 11.5 Å². The molecule has 1 unspecified atom stereocenters. The zero-order chi connectivity index (χ0) is 11.5. The zero-order valence-corrected chi connectivity index (χ0v) is 8.92. The van der Waals surface area contributed by atoms with Crippen molar-refractivity contribution in [3.05, 3.63) is 41.9 Å². The molecule has 1 atom stereocenters. The van der Waals surface area contributed by atoms with Gasteiger partial charge in [0.05, 0.1) is 0 Å². The van der Waals surface area contributed by atoms with Crippen LogP contribution in [0.5, 0.6) is 0 Å². The van der Waals surface area contributed by atoms with Crippen LogP contribution >= 0.6 is 0 Å². The Bertz CT molecular complexity index is 520. The van der Waals surface area contributed by atoms with Crippen LogP contribution in [0.2, 0.25) is 0 Å². The van der Waals surface area contributed by atoms with Gasteiger partial charge in [-0.25, -0.2) is 4.98 Å². The molecule has 0 bridgehead atoms. The van der Waals surface area contributed by atoms with Gasteiger partial charge in [0.2, 0.25) is 5.82 Å². The fraction of sp³-hybridized carbons (Fsp3) is 0.273. The van der Waals surface area contributed by atoms with Gasteiger partial charge in [0.1, 0.15) is 23.6 Å². The molecule has 5 heteroatoms. The van der Waals surface area contributed by atoms with Crippen LogP contribution in [0.25, 0.3) is 0 Å². The van der Waals surface area contributed by atoms with Crippen LogP contribution in [0.4, 0.5) is 0 Å². The van der Waals surface area contributed by atoms with Gasteiger partial charge in [-0.2, -0.15) is 5.26 Å². The Hall–Kier alpha value is -2.06. The Morgan fingerprint density at radius 2 is 2.44 bits per heavy atom. The van der Waals surface area contributed by atoms with Crippen molar-refractivity contribution in [1.82, 2.24) is 9.55 Å². The molecule has 2 N–H and O–H groups in total. The maximum Gasteiger partial charge on any atom is 0.213 e. The number of nitriles is 1. The lowest BCUT2D eigenvalue weighted by molar-refractivity contribution is 0.415. The third kappa shape index (κ3) is 1.71. The van der Waals surface area contributed by atoms with E-state index in [1.807, 2.05) is 25.1 Å². The van der Waals surface area contributed by atoms with Gasteiger partial charge >= 0.3 is 0 Å². The molecule has 0 aliphatic heterocycles. The van der Waals surface area contributed by atoms with Crippen LogP contribution in [-0.2, 0) is 0 Å². The quantitative estimate of drug-likeness (QED) is 0.836. The van der Waals surface area contributed by atoms with E-state index in [9.17, 15) is 0 Å². The first-order valence-corrected chi connectivity index (χ1v) is 4.95. The highest BCUT2D eigenvalue weighted by atomic mass is 16.3. The van der Waals surface area contributed by atoms with Crippen molar-refractivity contribution in [3.8, 4) is 6.07 Å². The molecule has 0 saturated heterocycles. The number of rotatable bonds is 3. The average Bonchev–Trinajstić information content (AvgIpc) is 2.89. The monoisotopic (exact) mass is 216 g/mol. The van der Waals surface area contributed by atoms with Crippen molar-refractivity contribution in [3.63, 3.8) is 0 Å². The molecular weight excluding hydrogens is 204 g/mol. The Kier molecular flexibility index (Phi) is 2.75. The number of imidazole rings is 1. The van der Waals surface area contributed by atoms with Crippen LogP contribution in [0.1, 0.15) is 23.4 Å². The minimum atomic E-state index is -0.175. The summed E-state index contributed by atoms with van der Waals surface area (Å²) >= 11 is 0. The molecule has 0 aliphatic rings. The molecule has 2 rings (SSSR count). The molecule has 5 nitrogen and oxygen atoms in total. The Balaban J connectivity index is 2.41. The topological polar surface area (TPSA) is 80.8 Å². The Morgan fingerprint density at radius 1 is 1.62 bits per heavy atom. The SMILES string of the molecule is Cc1ccc(C(CN)n2ccnc2C#N)o1. The molecule has 82 valence electrons. The standard InChI is InChI=1S/C11H12N4O/c1-8-2-3-10(16-8)9(6-12)15-5-4-14-11(15)7-13/h2-5,9H,6,12H2,1H3. The number of aromatic nitrogens is 2. The van der Waals surface area contributed by atoms with E-state index in [1.54, 1.807) is 17.0 Å². The number of aryl methyl sites for hydroxylation is 1. The summed E-state index contributed by atoms with van der Waals surface area (Å²) in [6, 6.07) is 5.59. The summed E-state index contributed by atoms with van der Waals surface area (Å²) in [5.41, 5.74) is 5.71. The first-order chi connectivity index (χ1) is 7.76. The average molecular weight is 216 g/mol. The lowest BCUT2D eigenvalue weighted by Crippen LogP contribution is -2.20. The fourth-order valence-electron chi connectivity index (χ4n) is 1.65. The minimum absolute atomic E-state index is 0.175. The van der Waals surface area contributed by atoms with Gasteiger partial charge in [-0.3, -0.25) is 0 Å². The lowest BCUT2D eigenvalue weighted by atomic mass is 10.2. The highest BCUT2D eigenvalue weighted by Crippen LogP contribution is 2.20. The molecule has 0 fully saturated rings. The van der Waals surface area contributed by atoms with Gasteiger partial charge in [0.25, 0.3) is 0 Å². The van der Waals surface area contributed by atoms with Crippen molar-refractivity contribution in [1.29, 1.82) is 5.26 Å². The van der Waals surface area contributed by atoms with Gasteiger partial charge in [0, 0.05) is 18.9 Å². The molecule has 2 aromatic heterocycles. The molecule has 0 aromatic carbocycles. The molecular formula is C11H12N4O. The number of furan rings is 1. The third-order valence-electron chi connectivity index (χ3n) is 2.42. The van der Waals surface area contributed by atoms with E-state index in [2.05, 4.69) is 4.98 Å². The second kappa shape index (κ2) is 4.21. The van der Waals surface area contributed by atoms with Crippen LogP contribution in [0.15, 0.2) is 28.9 Å². The van der Waals surface area contributed by atoms with Gasteiger partial charge in [0.15, 0.2) is 0 Å². The summed E-state index contributed by atoms with van der Waals surface area (Å²) in [4.78, 5) is 3.94. The number of hydrogen-bond acceptors (Lipinski definition) is 4. The van der Waals surface area contributed by atoms with Crippen LogP contribution in [0, 0.1) is 18.3 Å². The van der Waals surface area contributed by atoms with Crippen LogP contribution in [0.3, 0.4) is 0 Å². The minimum Gasteiger partial charge on any atom is -0.464 e. The van der Waals surface area contributed by atoms with E-state index in [4.69, 9.17) is 15.4 Å². The molecule has 0 amide bonds. The number of nitrogens with two attached hydrogens (primary N) is 1. The Morgan fingerprint density at radius 3 is 3.00 bits per heavy atom. The molecule has 0 aliphatic carbocycles. The maximum absolute atomic E-state index is 8.90. The first kappa shape index (κ1) is 10.5. The highest BCUT2D eigenvalue weighted by molar-refractivity contribution is 5.18. The summed E-state index contributed by atoms with van der Waals surface area (Å²) in [6.45, 7) is 2.23. The third-order valence-corrected chi connectivity index (χ3v) is 2.42. The van der Waals surface area contributed by atoms with E-state index in [0.29, 0.717) is 12.4 Å². The first-order valence-electron chi connectivity index (χ1n) is 4.95. The van der Waals surface area contributed by atoms with Crippen molar-refractivity contribution in [2.75, 3.05) is 6.54 Å². The second-order valence-corrected chi connectivity index (χ2v) is 3.47. The van der Waals surface area contributed by atoms with E-state index >= 15 is 0 Å². The number of nitrogens with zero attached hydrogens (tertiary/aromatic N) is 3. The van der Waals surface area contributed by atoms with Gasteiger partial charge in [-0.1, -0.05) is 0 Å². The molecule has 2 heterocycles. The van der Waals surface area contributed by atoms with Crippen molar-refractivity contribution >= 4 is 0 Å². The van der Waals surface area contributed by atoms with E-state index in [1.165, 1.54) is 0 Å². The summed E-state index contributed by atoms with van der Waals surface area (Å²) in [6.07, 6.45) is 3.31. The second-order valence-electron chi connectivity index (χ2n) is 3.47. The van der Waals surface area contributed by atoms with E-state index < -0.39 is 0 Å². The fourth-order valence-corrected chi connectivity index (χ4v) is 1.65. The van der Waals surface area contributed by atoms with E-state index in [-0.39, 0.29) is 6.04 Å². The zero-order valence-electron chi connectivity index (χ0n) is 8.92. The van der Waals surface area contributed by atoms with Gasteiger partial charge in [-0.15, -0.1) is 0 Å². The smallest absolute Gasteiger partial charge is 0.213 e. The molecule has 0 radical (unpaired) electrons. The molecule has 16 heavy (non-hydrogen) atoms. The summed E-state index contributed by atoms with van der Waals surface area (Å²) in [7, 11) is 0. The molecule has 0 saturated carbocycles. The van der Waals surface area contributed by atoms with Crippen molar-refractivity contribution in [2.45, 2.75) is 13.0 Å². The lowest BCUT2D eigenvalue weighted by Gasteiger charge is -2.14. The number of hydrogen-bond donors (Lipinski definition) is 1. The highest BCUT2D eigenvalue weighted by Gasteiger charge is 2.18. The summed E-state index contributed by atoms with van der Waals surface area (Å²) in [5.74, 6) is 1.91. The normalized spacial score (nSPS) is 12.3.